The van der Waals surface area contributed by atoms with Crippen molar-refractivity contribution in [1.82, 2.24) is 10.0 Å². The number of hydrogen-bond donors (Lipinski definition) is 2. The summed E-state index contributed by atoms with van der Waals surface area (Å²) in [5.74, 6) is -0.305. The largest absolute Gasteiger partial charge is 0.468 e. The number of nitrogens with one attached hydrogen (secondary N) is 2. The third-order valence-electron chi connectivity index (χ3n) is 2.88. The van der Waals surface area contributed by atoms with Crippen LogP contribution in [0.3, 0.4) is 0 Å². The van der Waals surface area contributed by atoms with Gasteiger partial charge in [0.05, 0.1) is 12.8 Å². The summed E-state index contributed by atoms with van der Waals surface area (Å²) in [5.41, 5.74) is 0.694. The summed E-state index contributed by atoms with van der Waals surface area (Å²) < 4.78 is 45.4. The lowest BCUT2D eigenvalue weighted by molar-refractivity contribution is 0.496. The molecule has 21 heavy (non-hydrogen) atoms. The SMILES string of the molecule is CCNCc1ccc(S(=O)(=O)NCc2ccco2)c(F)c1. The van der Waals surface area contributed by atoms with Crippen molar-refractivity contribution in [2.24, 2.45) is 0 Å². The maximum atomic E-state index is 14.0. The molecule has 0 radical (unpaired) electrons. The van der Waals surface area contributed by atoms with Crippen LogP contribution in [0.15, 0.2) is 45.9 Å². The Labute approximate surface area is 123 Å². The third kappa shape index (κ3) is 4.13. The molecule has 2 rings (SSSR count). The van der Waals surface area contributed by atoms with Gasteiger partial charge in [-0.25, -0.2) is 17.5 Å². The first-order valence-corrected chi connectivity index (χ1v) is 8.02. The molecule has 114 valence electrons. The molecule has 7 heteroatoms. The minimum Gasteiger partial charge on any atom is -0.468 e. The molecule has 0 fully saturated rings. The summed E-state index contributed by atoms with van der Waals surface area (Å²) in [6.45, 7) is 3.17. The van der Waals surface area contributed by atoms with Crippen LogP contribution in [-0.4, -0.2) is 15.0 Å². The van der Waals surface area contributed by atoms with Gasteiger partial charge >= 0.3 is 0 Å². The van der Waals surface area contributed by atoms with Gasteiger partial charge < -0.3 is 9.73 Å². The van der Waals surface area contributed by atoms with Crippen LogP contribution in [0.2, 0.25) is 0 Å². The fourth-order valence-corrected chi connectivity index (χ4v) is 2.85. The van der Waals surface area contributed by atoms with Crippen LogP contribution in [0.5, 0.6) is 0 Å². The second-order valence-electron chi connectivity index (χ2n) is 4.45. The Bertz CT molecular complexity index is 684. The van der Waals surface area contributed by atoms with Gasteiger partial charge in [0.1, 0.15) is 16.5 Å². The predicted molar refractivity (Wildman–Crippen MR) is 76.5 cm³/mol. The van der Waals surface area contributed by atoms with Gasteiger partial charge in [-0.2, -0.15) is 0 Å². The first-order chi connectivity index (χ1) is 10.0. The number of halogens is 1. The minimum atomic E-state index is -3.91. The molecule has 5 nitrogen and oxygen atoms in total. The van der Waals surface area contributed by atoms with Crippen LogP contribution in [0.4, 0.5) is 4.39 Å². The van der Waals surface area contributed by atoms with Gasteiger partial charge in [0.15, 0.2) is 0 Å². The Morgan fingerprint density at radius 2 is 2.05 bits per heavy atom. The molecule has 0 saturated carbocycles. The van der Waals surface area contributed by atoms with E-state index in [-0.39, 0.29) is 11.4 Å². The van der Waals surface area contributed by atoms with Crippen LogP contribution in [0.1, 0.15) is 18.2 Å². The Morgan fingerprint density at radius 3 is 2.67 bits per heavy atom. The van der Waals surface area contributed by atoms with E-state index in [1.807, 2.05) is 6.92 Å². The fraction of sp³-hybridized carbons (Fsp3) is 0.286. The summed E-state index contributed by atoms with van der Waals surface area (Å²) in [6, 6.07) is 7.38. The van der Waals surface area contributed by atoms with Gasteiger partial charge in [0.2, 0.25) is 10.0 Å². The number of sulfonamides is 1. The maximum absolute atomic E-state index is 14.0. The molecule has 2 N–H and O–H groups in total. The highest BCUT2D eigenvalue weighted by Gasteiger charge is 2.19. The maximum Gasteiger partial charge on any atom is 0.243 e. The van der Waals surface area contributed by atoms with E-state index in [4.69, 9.17) is 4.42 Å². The van der Waals surface area contributed by atoms with Gasteiger partial charge in [0, 0.05) is 6.54 Å². The molecule has 0 aliphatic rings. The second kappa shape index (κ2) is 6.84. The molecule has 1 aromatic carbocycles. The Balaban J connectivity index is 2.12. The summed E-state index contributed by atoms with van der Waals surface area (Å²) in [6.07, 6.45) is 1.44. The van der Waals surface area contributed by atoms with Crippen molar-refractivity contribution in [3.8, 4) is 0 Å². The number of rotatable bonds is 7. The molecule has 2 aromatic rings. The van der Waals surface area contributed by atoms with E-state index in [0.717, 1.165) is 6.54 Å². The van der Waals surface area contributed by atoms with E-state index in [2.05, 4.69) is 10.0 Å². The lowest BCUT2D eigenvalue weighted by Gasteiger charge is -2.08. The monoisotopic (exact) mass is 312 g/mol. The topological polar surface area (TPSA) is 71.3 Å². The van der Waals surface area contributed by atoms with Crippen LogP contribution in [0, 0.1) is 5.82 Å². The Kier molecular flexibility index (Phi) is 5.11. The number of hydrogen-bond acceptors (Lipinski definition) is 4. The quantitative estimate of drug-likeness (QED) is 0.820. The van der Waals surface area contributed by atoms with E-state index in [1.54, 1.807) is 18.2 Å². The fourth-order valence-electron chi connectivity index (χ4n) is 1.80. The van der Waals surface area contributed by atoms with Crippen molar-refractivity contribution < 1.29 is 17.2 Å². The molecule has 0 atom stereocenters. The van der Waals surface area contributed by atoms with Crippen molar-refractivity contribution in [2.75, 3.05) is 6.54 Å². The van der Waals surface area contributed by atoms with Gasteiger partial charge in [-0.3, -0.25) is 0 Å². The average Bonchev–Trinajstić information content (AvgIpc) is 2.96. The van der Waals surface area contributed by atoms with Gasteiger partial charge in [-0.15, -0.1) is 0 Å². The molecular weight excluding hydrogens is 295 g/mol. The Hall–Kier alpha value is -1.70. The molecule has 0 saturated heterocycles. The summed E-state index contributed by atoms with van der Waals surface area (Å²) in [7, 11) is -3.91. The summed E-state index contributed by atoms with van der Waals surface area (Å²) >= 11 is 0. The normalized spacial score (nSPS) is 11.7. The number of furan rings is 1. The van der Waals surface area contributed by atoms with Crippen molar-refractivity contribution in [1.29, 1.82) is 0 Å². The first-order valence-electron chi connectivity index (χ1n) is 6.54. The van der Waals surface area contributed by atoms with Crippen molar-refractivity contribution in [3.63, 3.8) is 0 Å². The first kappa shape index (κ1) is 15.7. The average molecular weight is 312 g/mol. The molecule has 0 aliphatic heterocycles. The zero-order chi connectivity index (χ0) is 15.3. The van der Waals surface area contributed by atoms with Crippen LogP contribution < -0.4 is 10.0 Å². The number of benzene rings is 1. The van der Waals surface area contributed by atoms with Gasteiger partial charge in [-0.1, -0.05) is 13.0 Å². The van der Waals surface area contributed by atoms with E-state index in [0.29, 0.717) is 17.9 Å². The predicted octanol–water partition coefficient (Wildman–Crippen LogP) is 2.01. The van der Waals surface area contributed by atoms with E-state index in [1.165, 1.54) is 18.4 Å². The summed E-state index contributed by atoms with van der Waals surface area (Å²) in [4.78, 5) is -0.366. The lowest BCUT2D eigenvalue weighted by Crippen LogP contribution is -2.24. The molecule has 1 heterocycles. The second-order valence-corrected chi connectivity index (χ2v) is 6.18. The highest BCUT2D eigenvalue weighted by molar-refractivity contribution is 7.89. The van der Waals surface area contributed by atoms with Crippen molar-refractivity contribution >= 4 is 10.0 Å². The standard InChI is InChI=1S/C14H17FN2O3S/c1-2-16-9-11-5-6-14(13(15)8-11)21(18,19)17-10-12-4-3-7-20-12/h3-8,16-17H,2,9-10H2,1H3. The zero-order valence-corrected chi connectivity index (χ0v) is 12.4. The molecular formula is C14H17FN2O3S. The highest BCUT2D eigenvalue weighted by atomic mass is 32.2. The zero-order valence-electron chi connectivity index (χ0n) is 11.6. The smallest absolute Gasteiger partial charge is 0.243 e. The van der Waals surface area contributed by atoms with Gasteiger partial charge in [-0.05, 0) is 36.4 Å². The lowest BCUT2D eigenvalue weighted by atomic mass is 10.2. The van der Waals surface area contributed by atoms with Crippen molar-refractivity contribution in [2.45, 2.75) is 24.9 Å². The molecule has 0 bridgehead atoms. The van der Waals surface area contributed by atoms with Crippen LogP contribution in [0.25, 0.3) is 0 Å². The van der Waals surface area contributed by atoms with E-state index < -0.39 is 15.8 Å². The van der Waals surface area contributed by atoms with E-state index in [9.17, 15) is 12.8 Å². The van der Waals surface area contributed by atoms with Crippen molar-refractivity contribution in [3.05, 3.63) is 53.7 Å². The molecule has 0 spiro atoms. The molecule has 0 amide bonds. The molecule has 1 aromatic heterocycles. The van der Waals surface area contributed by atoms with Crippen LogP contribution >= 0.6 is 0 Å². The minimum absolute atomic E-state index is 0.0199. The molecule has 0 aliphatic carbocycles. The highest BCUT2D eigenvalue weighted by Crippen LogP contribution is 2.16. The summed E-state index contributed by atoms with van der Waals surface area (Å²) in [5, 5.41) is 3.05. The Morgan fingerprint density at radius 1 is 1.24 bits per heavy atom. The third-order valence-corrected chi connectivity index (χ3v) is 4.32. The molecule has 0 unspecified atom stereocenters. The van der Waals surface area contributed by atoms with Gasteiger partial charge in [0.25, 0.3) is 0 Å². The van der Waals surface area contributed by atoms with Crippen LogP contribution in [-0.2, 0) is 23.1 Å². The van der Waals surface area contributed by atoms with E-state index >= 15 is 0 Å².